The third-order valence-corrected chi connectivity index (χ3v) is 3.54. The van der Waals surface area contributed by atoms with Crippen LogP contribution in [0.1, 0.15) is 25.8 Å². The Morgan fingerprint density at radius 1 is 1.36 bits per heavy atom. The molecule has 0 saturated heterocycles. The van der Waals surface area contributed by atoms with E-state index < -0.39 is 12.0 Å². The largest absolute Gasteiger partial charge is 0.480 e. The van der Waals surface area contributed by atoms with Crippen molar-refractivity contribution in [2.45, 2.75) is 32.9 Å². The molecule has 0 amide bonds. The summed E-state index contributed by atoms with van der Waals surface area (Å²) in [5, 5.41) is 17.2. The van der Waals surface area contributed by atoms with E-state index in [-0.39, 0.29) is 0 Å². The van der Waals surface area contributed by atoms with Crippen molar-refractivity contribution in [1.82, 2.24) is 15.1 Å². The average Bonchev–Trinajstić information content (AvgIpc) is 2.92. The van der Waals surface area contributed by atoms with Gasteiger partial charge in [0.25, 0.3) is 0 Å². The van der Waals surface area contributed by atoms with Crippen molar-refractivity contribution in [3.63, 3.8) is 0 Å². The van der Waals surface area contributed by atoms with Gasteiger partial charge in [0.2, 0.25) is 0 Å². The van der Waals surface area contributed by atoms with E-state index in [9.17, 15) is 9.90 Å². The van der Waals surface area contributed by atoms with E-state index in [1.165, 1.54) is 0 Å². The summed E-state index contributed by atoms with van der Waals surface area (Å²) in [5.41, 5.74) is 1.84. The standard InChI is InChI=1S/C16H20ClN3O2/c1-11(2)7-15(16(21)22)18-8-12-9-19-20(10-12)14-5-3-13(17)4-6-14/h3-6,9-11,15,18H,7-8H2,1-2H3,(H,21,22)/t15-/m0/s1. The van der Waals surface area contributed by atoms with Crippen LogP contribution in [-0.2, 0) is 11.3 Å². The molecule has 118 valence electrons. The van der Waals surface area contributed by atoms with E-state index in [0.29, 0.717) is 23.9 Å². The van der Waals surface area contributed by atoms with Crippen LogP contribution in [0.4, 0.5) is 0 Å². The number of rotatable bonds is 7. The highest BCUT2D eigenvalue weighted by Crippen LogP contribution is 2.13. The van der Waals surface area contributed by atoms with Crippen LogP contribution in [0.25, 0.3) is 5.69 Å². The molecule has 2 N–H and O–H groups in total. The van der Waals surface area contributed by atoms with Gasteiger partial charge in [-0.05, 0) is 36.6 Å². The monoisotopic (exact) mass is 321 g/mol. The molecule has 22 heavy (non-hydrogen) atoms. The Morgan fingerprint density at radius 3 is 2.64 bits per heavy atom. The lowest BCUT2D eigenvalue weighted by Gasteiger charge is -2.15. The second kappa shape index (κ2) is 7.42. The van der Waals surface area contributed by atoms with Crippen molar-refractivity contribution in [1.29, 1.82) is 0 Å². The maximum atomic E-state index is 11.2. The maximum absolute atomic E-state index is 11.2. The first-order valence-corrected chi connectivity index (χ1v) is 7.59. The molecule has 2 aromatic rings. The molecule has 0 saturated carbocycles. The molecule has 1 heterocycles. The predicted molar refractivity (Wildman–Crippen MR) is 86.3 cm³/mol. The molecule has 0 aliphatic rings. The van der Waals surface area contributed by atoms with Gasteiger partial charge in [0.05, 0.1) is 11.9 Å². The fourth-order valence-electron chi connectivity index (χ4n) is 2.17. The maximum Gasteiger partial charge on any atom is 0.320 e. The average molecular weight is 322 g/mol. The van der Waals surface area contributed by atoms with Crippen LogP contribution < -0.4 is 5.32 Å². The van der Waals surface area contributed by atoms with E-state index >= 15 is 0 Å². The second-order valence-corrected chi connectivity index (χ2v) is 6.11. The summed E-state index contributed by atoms with van der Waals surface area (Å²) in [6.45, 7) is 4.49. The normalized spacial score (nSPS) is 12.5. The molecule has 1 aromatic carbocycles. The third kappa shape index (κ3) is 4.58. The zero-order chi connectivity index (χ0) is 16.1. The van der Waals surface area contributed by atoms with Crippen LogP contribution in [0.3, 0.4) is 0 Å². The van der Waals surface area contributed by atoms with E-state index in [1.54, 1.807) is 23.0 Å². The van der Waals surface area contributed by atoms with Crippen molar-refractivity contribution in [2.75, 3.05) is 0 Å². The highest BCUT2D eigenvalue weighted by molar-refractivity contribution is 6.30. The highest BCUT2D eigenvalue weighted by atomic mass is 35.5. The van der Waals surface area contributed by atoms with Crippen molar-refractivity contribution in [3.05, 3.63) is 47.2 Å². The SMILES string of the molecule is CC(C)C[C@H](NCc1cnn(-c2ccc(Cl)cc2)c1)C(=O)O. The lowest BCUT2D eigenvalue weighted by Crippen LogP contribution is -2.37. The topological polar surface area (TPSA) is 67.2 Å². The summed E-state index contributed by atoms with van der Waals surface area (Å²) in [5.74, 6) is -0.496. The zero-order valence-corrected chi connectivity index (χ0v) is 13.4. The molecular weight excluding hydrogens is 302 g/mol. The highest BCUT2D eigenvalue weighted by Gasteiger charge is 2.18. The summed E-state index contributed by atoms with van der Waals surface area (Å²) in [4.78, 5) is 11.2. The van der Waals surface area contributed by atoms with E-state index in [4.69, 9.17) is 11.6 Å². The van der Waals surface area contributed by atoms with Crippen LogP contribution in [-0.4, -0.2) is 26.9 Å². The molecule has 5 nitrogen and oxygen atoms in total. The Morgan fingerprint density at radius 2 is 2.05 bits per heavy atom. The number of aromatic nitrogens is 2. The Bertz CT molecular complexity index is 623. The van der Waals surface area contributed by atoms with Gasteiger partial charge in [-0.3, -0.25) is 4.79 Å². The van der Waals surface area contributed by atoms with Gasteiger partial charge >= 0.3 is 5.97 Å². The quantitative estimate of drug-likeness (QED) is 0.822. The fourth-order valence-corrected chi connectivity index (χ4v) is 2.30. The lowest BCUT2D eigenvalue weighted by molar-refractivity contribution is -0.140. The Kier molecular flexibility index (Phi) is 5.57. The van der Waals surface area contributed by atoms with Gasteiger partial charge < -0.3 is 10.4 Å². The number of carbonyl (C=O) groups is 1. The number of hydrogen-bond acceptors (Lipinski definition) is 3. The van der Waals surface area contributed by atoms with Gasteiger partial charge in [-0.2, -0.15) is 5.10 Å². The Hall–Kier alpha value is -1.85. The van der Waals surface area contributed by atoms with Gasteiger partial charge in [-0.25, -0.2) is 4.68 Å². The first-order chi connectivity index (χ1) is 10.5. The summed E-state index contributed by atoms with van der Waals surface area (Å²) in [6.07, 6.45) is 4.21. The fraction of sp³-hybridized carbons (Fsp3) is 0.375. The first kappa shape index (κ1) is 16.5. The predicted octanol–water partition coefficient (Wildman–Crippen LogP) is 3.11. The van der Waals surface area contributed by atoms with Crippen LogP contribution in [0.2, 0.25) is 5.02 Å². The van der Waals surface area contributed by atoms with Crippen molar-refractivity contribution in [3.8, 4) is 5.69 Å². The second-order valence-electron chi connectivity index (χ2n) is 5.67. The number of hydrogen-bond donors (Lipinski definition) is 2. The molecule has 0 aliphatic heterocycles. The lowest BCUT2D eigenvalue weighted by atomic mass is 10.0. The molecule has 2 rings (SSSR count). The van der Waals surface area contributed by atoms with Gasteiger partial charge in [0.1, 0.15) is 6.04 Å². The molecule has 0 unspecified atom stereocenters. The number of benzene rings is 1. The van der Waals surface area contributed by atoms with E-state index in [1.807, 2.05) is 32.2 Å². The Labute approximate surface area is 134 Å². The molecule has 1 atom stereocenters. The minimum atomic E-state index is -0.821. The van der Waals surface area contributed by atoms with Gasteiger partial charge in [0.15, 0.2) is 0 Å². The van der Waals surface area contributed by atoms with E-state index in [2.05, 4.69) is 10.4 Å². The number of nitrogens with zero attached hydrogens (tertiary/aromatic N) is 2. The summed E-state index contributed by atoms with van der Waals surface area (Å²) in [6, 6.07) is 6.83. The summed E-state index contributed by atoms with van der Waals surface area (Å²) >= 11 is 5.86. The van der Waals surface area contributed by atoms with Crippen LogP contribution in [0.5, 0.6) is 0 Å². The molecule has 0 spiro atoms. The molecule has 1 aromatic heterocycles. The van der Waals surface area contributed by atoms with Crippen molar-refractivity contribution >= 4 is 17.6 Å². The molecule has 6 heteroatoms. The number of carboxylic acid groups (broad SMARTS) is 1. The van der Waals surface area contributed by atoms with Crippen LogP contribution >= 0.6 is 11.6 Å². The summed E-state index contributed by atoms with van der Waals surface area (Å²) in [7, 11) is 0. The molecule has 0 fully saturated rings. The third-order valence-electron chi connectivity index (χ3n) is 3.29. The van der Waals surface area contributed by atoms with Crippen molar-refractivity contribution < 1.29 is 9.90 Å². The minimum Gasteiger partial charge on any atom is -0.480 e. The van der Waals surface area contributed by atoms with Crippen molar-refractivity contribution in [2.24, 2.45) is 5.92 Å². The number of nitrogens with one attached hydrogen (secondary N) is 1. The van der Waals surface area contributed by atoms with Gasteiger partial charge in [-0.1, -0.05) is 25.4 Å². The van der Waals surface area contributed by atoms with Crippen LogP contribution in [0.15, 0.2) is 36.7 Å². The van der Waals surface area contributed by atoms with Gasteiger partial charge in [0, 0.05) is 23.3 Å². The zero-order valence-electron chi connectivity index (χ0n) is 12.7. The minimum absolute atomic E-state index is 0.324. The smallest absolute Gasteiger partial charge is 0.320 e. The van der Waals surface area contributed by atoms with Crippen LogP contribution in [0, 0.1) is 5.92 Å². The molecule has 0 aliphatic carbocycles. The van der Waals surface area contributed by atoms with E-state index in [0.717, 1.165) is 11.3 Å². The Balaban J connectivity index is 1.99. The summed E-state index contributed by atoms with van der Waals surface area (Å²) < 4.78 is 1.74. The first-order valence-electron chi connectivity index (χ1n) is 7.21. The molecule has 0 bridgehead atoms. The molecule has 0 radical (unpaired) electrons. The van der Waals surface area contributed by atoms with Gasteiger partial charge in [-0.15, -0.1) is 0 Å². The number of aliphatic carboxylic acids is 1. The molecular formula is C16H20ClN3O2. The number of carboxylic acids is 1. The number of halogens is 1.